The van der Waals surface area contributed by atoms with Crippen LogP contribution in [0.1, 0.15) is 28.5 Å². The summed E-state index contributed by atoms with van der Waals surface area (Å²) < 4.78 is 29.2. The molecule has 6 heteroatoms. The van der Waals surface area contributed by atoms with Gasteiger partial charge in [-0.05, 0) is 25.5 Å². The van der Waals surface area contributed by atoms with E-state index in [-0.39, 0.29) is 17.5 Å². The molecule has 0 aliphatic rings. The molecule has 0 spiro atoms. The highest BCUT2D eigenvalue weighted by Crippen LogP contribution is 2.29. The second-order valence-electron chi connectivity index (χ2n) is 4.79. The van der Waals surface area contributed by atoms with Crippen LogP contribution in [0.3, 0.4) is 0 Å². The average Bonchev–Trinajstić information content (AvgIpc) is 2.61. The van der Waals surface area contributed by atoms with E-state index in [4.69, 9.17) is 11.6 Å². The molecule has 0 amide bonds. The summed E-state index contributed by atoms with van der Waals surface area (Å²) >= 11 is 6.06. The van der Waals surface area contributed by atoms with Crippen LogP contribution in [0.5, 0.6) is 0 Å². The van der Waals surface area contributed by atoms with Gasteiger partial charge in [-0.15, -0.1) is 0 Å². The first-order valence-electron chi connectivity index (χ1n) is 6.13. The fraction of sp³-hybridized carbons (Fsp3) is 0.357. The first kappa shape index (κ1) is 14.9. The lowest BCUT2D eigenvalue weighted by molar-refractivity contribution is 0.168. The number of benzene rings is 1. The number of aromatic nitrogens is 2. The van der Waals surface area contributed by atoms with E-state index in [1.165, 1.54) is 17.7 Å². The van der Waals surface area contributed by atoms with Crippen LogP contribution < -0.4 is 0 Å². The lowest BCUT2D eigenvalue weighted by Crippen LogP contribution is -2.09. The number of hydrogen-bond acceptors (Lipinski definition) is 2. The second kappa shape index (κ2) is 5.50. The minimum Gasteiger partial charge on any atom is -0.388 e. The first-order valence-corrected chi connectivity index (χ1v) is 6.51. The number of aliphatic hydroxyl groups is 1. The minimum absolute atomic E-state index is 0.00972. The van der Waals surface area contributed by atoms with E-state index in [0.29, 0.717) is 16.4 Å². The fourth-order valence-corrected chi connectivity index (χ4v) is 2.44. The van der Waals surface area contributed by atoms with Gasteiger partial charge in [0.1, 0.15) is 16.8 Å². The van der Waals surface area contributed by atoms with Gasteiger partial charge in [0, 0.05) is 19.0 Å². The van der Waals surface area contributed by atoms with E-state index in [1.54, 1.807) is 14.0 Å². The van der Waals surface area contributed by atoms with Gasteiger partial charge in [0.15, 0.2) is 0 Å². The SMILES string of the molecule is Cc1ccc(F)c(C(O)Cc2c(C)nn(C)c2Cl)c1F. The van der Waals surface area contributed by atoms with Crippen molar-refractivity contribution in [2.45, 2.75) is 26.4 Å². The number of halogens is 3. The van der Waals surface area contributed by atoms with Gasteiger partial charge in [0.25, 0.3) is 0 Å². The molecule has 0 saturated carbocycles. The maximum atomic E-state index is 14.0. The molecule has 2 rings (SSSR count). The van der Waals surface area contributed by atoms with Crippen molar-refractivity contribution in [1.29, 1.82) is 0 Å². The monoisotopic (exact) mass is 300 g/mol. The van der Waals surface area contributed by atoms with Gasteiger partial charge in [-0.2, -0.15) is 5.10 Å². The summed E-state index contributed by atoms with van der Waals surface area (Å²) in [5, 5.41) is 14.6. The molecule has 1 unspecified atom stereocenters. The Morgan fingerprint density at radius 2 is 2.00 bits per heavy atom. The summed E-state index contributed by atoms with van der Waals surface area (Å²) in [5.41, 5.74) is 1.17. The number of aryl methyl sites for hydroxylation is 3. The quantitative estimate of drug-likeness (QED) is 0.945. The number of nitrogens with zero attached hydrogens (tertiary/aromatic N) is 2. The molecular formula is C14H15ClF2N2O. The molecule has 2 aromatic rings. The molecule has 1 aromatic heterocycles. The highest BCUT2D eigenvalue weighted by Gasteiger charge is 2.23. The zero-order chi connectivity index (χ0) is 15.0. The summed E-state index contributed by atoms with van der Waals surface area (Å²) in [6.45, 7) is 3.25. The molecule has 1 heterocycles. The molecular weight excluding hydrogens is 286 g/mol. The van der Waals surface area contributed by atoms with Crippen molar-refractivity contribution in [3.63, 3.8) is 0 Å². The predicted molar refractivity (Wildman–Crippen MR) is 72.7 cm³/mol. The molecule has 108 valence electrons. The largest absolute Gasteiger partial charge is 0.388 e. The normalized spacial score (nSPS) is 12.8. The summed E-state index contributed by atoms with van der Waals surface area (Å²) in [6, 6.07) is 2.48. The Balaban J connectivity index is 2.38. The van der Waals surface area contributed by atoms with Crippen LogP contribution in [-0.2, 0) is 13.5 Å². The predicted octanol–water partition coefficient (Wildman–Crippen LogP) is 3.24. The molecule has 0 bridgehead atoms. The highest BCUT2D eigenvalue weighted by molar-refractivity contribution is 6.30. The van der Waals surface area contributed by atoms with Gasteiger partial charge in [-0.1, -0.05) is 17.7 Å². The Morgan fingerprint density at radius 3 is 2.55 bits per heavy atom. The van der Waals surface area contributed by atoms with Crippen molar-refractivity contribution < 1.29 is 13.9 Å². The fourth-order valence-electron chi connectivity index (χ4n) is 2.18. The molecule has 0 saturated heterocycles. The van der Waals surface area contributed by atoms with E-state index in [0.717, 1.165) is 6.07 Å². The van der Waals surface area contributed by atoms with Crippen molar-refractivity contribution >= 4 is 11.6 Å². The first-order chi connectivity index (χ1) is 9.32. The maximum absolute atomic E-state index is 14.0. The van der Waals surface area contributed by atoms with Crippen LogP contribution in [0, 0.1) is 25.5 Å². The number of aliphatic hydroxyl groups excluding tert-OH is 1. The lowest BCUT2D eigenvalue weighted by Gasteiger charge is -2.14. The van der Waals surface area contributed by atoms with E-state index in [2.05, 4.69) is 5.10 Å². The van der Waals surface area contributed by atoms with Crippen LogP contribution in [0.4, 0.5) is 8.78 Å². The van der Waals surface area contributed by atoms with Gasteiger partial charge in [-0.3, -0.25) is 4.68 Å². The van der Waals surface area contributed by atoms with Crippen molar-refractivity contribution in [3.05, 3.63) is 51.3 Å². The van der Waals surface area contributed by atoms with Crippen molar-refractivity contribution in [1.82, 2.24) is 9.78 Å². The van der Waals surface area contributed by atoms with Crippen molar-refractivity contribution in [3.8, 4) is 0 Å². The Bertz CT molecular complexity index is 655. The van der Waals surface area contributed by atoms with Gasteiger partial charge >= 0.3 is 0 Å². The maximum Gasteiger partial charge on any atom is 0.134 e. The summed E-state index contributed by atoms with van der Waals surface area (Å²) in [5.74, 6) is -1.49. The van der Waals surface area contributed by atoms with Crippen LogP contribution in [-0.4, -0.2) is 14.9 Å². The molecule has 3 nitrogen and oxygen atoms in total. The zero-order valence-corrected chi connectivity index (χ0v) is 12.2. The van der Waals surface area contributed by atoms with Crippen LogP contribution in [0.15, 0.2) is 12.1 Å². The summed E-state index contributed by atoms with van der Waals surface area (Å²) in [6.07, 6.45) is -1.30. The Hall–Kier alpha value is -1.46. The van der Waals surface area contributed by atoms with Gasteiger partial charge in [0.2, 0.25) is 0 Å². The summed E-state index contributed by atoms with van der Waals surface area (Å²) in [4.78, 5) is 0. The molecule has 0 aliphatic heterocycles. The Labute approximate surface area is 120 Å². The number of hydrogen-bond donors (Lipinski definition) is 1. The Morgan fingerprint density at radius 1 is 1.35 bits per heavy atom. The van der Waals surface area contributed by atoms with Crippen molar-refractivity contribution in [2.24, 2.45) is 7.05 Å². The second-order valence-corrected chi connectivity index (χ2v) is 5.15. The molecule has 0 aliphatic carbocycles. The topological polar surface area (TPSA) is 38.1 Å². The van der Waals surface area contributed by atoms with E-state index >= 15 is 0 Å². The third-order valence-corrected chi connectivity index (χ3v) is 3.79. The molecule has 20 heavy (non-hydrogen) atoms. The van der Waals surface area contributed by atoms with Crippen LogP contribution >= 0.6 is 11.6 Å². The van der Waals surface area contributed by atoms with Crippen molar-refractivity contribution in [2.75, 3.05) is 0 Å². The van der Waals surface area contributed by atoms with Gasteiger partial charge in [0.05, 0.1) is 17.4 Å². The van der Waals surface area contributed by atoms with Gasteiger partial charge in [-0.25, -0.2) is 8.78 Å². The Kier molecular flexibility index (Phi) is 4.11. The van der Waals surface area contributed by atoms with Crippen LogP contribution in [0.25, 0.3) is 0 Å². The minimum atomic E-state index is -1.31. The van der Waals surface area contributed by atoms with Crippen LogP contribution in [0.2, 0.25) is 5.15 Å². The summed E-state index contributed by atoms with van der Waals surface area (Å²) in [7, 11) is 1.67. The third-order valence-electron chi connectivity index (χ3n) is 3.32. The highest BCUT2D eigenvalue weighted by atomic mass is 35.5. The molecule has 1 atom stereocenters. The lowest BCUT2D eigenvalue weighted by atomic mass is 9.99. The average molecular weight is 301 g/mol. The zero-order valence-electron chi connectivity index (χ0n) is 11.4. The van der Waals surface area contributed by atoms with E-state index in [1.807, 2.05) is 0 Å². The molecule has 0 radical (unpaired) electrons. The van der Waals surface area contributed by atoms with E-state index in [9.17, 15) is 13.9 Å². The smallest absolute Gasteiger partial charge is 0.134 e. The third kappa shape index (κ3) is 2.55. The molecule has 1 N–H and O–H groups in total. The van der Waals surface area contributed by atoms with E-state index < -0.39 is 17.7 Å². The van der Waals surface area contributed by atoms with Gasteiger partial charge < -0.3 is 5.11 Å². The molecule has 1 aromatic carbocycles. The number of rotatable bonds is 3. The molecule has 0 fully saturated rings. The standard InChI is InChI=1S/C14H15ClF2N2O/c1-7-4-5-10(16)12(13(7)17)11(20)6-9-8(2)18-19(3)14(9)15/h4-5,11,20H,6H2,1-3H3.